The Bertz CT molecular complexity index is 357. The number of halogens is 2. The SMILES string of the molecule is COCCN(c1ccc(CBr)cc1F)C(C)C. The van der Waals surface area contributed by atoms with Gasteiger partial charge in [0.1, 0.15) is 5.82 Å². The van der Waals surface area contributed by atoms with Gasteiger partial charge in [0.2, 0.25) is 0 Å². The van der Waals surface area contributed by atoms with Gasteiger partial charge < -0.3 is 9.64 Å². The summed E-state index contributed by atoms with van der Waals surface area (Å²) in [5.41, 5.74) is 1.59. The summed E-state index contributed by atoms with van der Waals surface area (Å²) in [6.45, 7) is 5.39. The van der Waals surface area contributed by atoms with Crippen LogP contribution in [-0.4, -0.2) is 26.3 Å². The van der Waals surface area contributed by atoms with E-state index in [0.717, 1.165) is 5.56 Å². The molecule has 0 unspecified atom stereocenters. The van der Waals surface area contributed by atoms with Crippen molar-refractivity contribution in [1.82, 2.24) is 0 Å². The van der Waals surface area contributed by atoms with Crippen molar-refractivity contribution < 1.29 is 9.13 Å². The van der Waals surface area contributed by atoms with Crippen molar-refractivity contribution >= 4 is 21.6 Å². The van der Waals surface area contributed by atoms with Crippen LogP contribution in [0.2, 0.25) is 0 Å². The molecule has 96 valence electrons. The fourth-order valence-electron chi connectivity index (χ4n) is 1.71. The molecule has 1 rings (SSSR count). The highest BCUT2D eigenvalue weighted by molar-refractivity contribution is 9.08. The first-order valence-corrected chi connectivity index (χ1v) is 6.82. The Kier molecular flexibility index (Phi) is 5.92. The Balaban J connectivity index is 2.93. The maximum atomic E-state index is 14.0. The first-order chi connectivity index (χ1) is 8.10. The van der Waals surface area contributed by atoms with Crippen molar-refractivity contribution in [3.05, 3.63) is 29.6 Å². The molecular weight excluding hydrogens is 285 g/mol. The smallest absolute Gasteiger partial charge is 0.146 e. The summed E-state index contributed by atoms with van der Waals surface area (Å²) in [6.07, 6.45) is 0. The quantitative estimate of drug-likeness (QED) is 0.745. The Labute approximate surface area is 111 Å². The minimum atomic E-state index is -0.174. The number of benzene rings is 1. The second kappa shape index (κ2) is 6.97. The number of hydrogen-bond donors (Lipinski definition) is 0. The first-order valence-electron chi connectivity index (χ1n) is 5.70. The summed E-state index contributed by atoms with van der Waals surface area (Å²) in [4.78, 5) is 2.01. The van der Waals surface area contributed by atoms with Crippen LogP contribution in [0.1, 0.15) is 19.4 Å². The molecule has 0 aromatic heterocycles. The Morgan fingerprint density at radius 1 is 1.41 bits per heavy atom. The largest absolute Gasteiger partial charge is 0.383 e. The lowest BCUT2D eigenvalue weighted by Crippen LogP contribution is -2.34. The third kappa shape index (κ3) is 3.96. The Hall–Kier alpha value is -0.610. The summed E-state index contributed by atoms with van der Waals surface area (Å²) in [5, 5.41) is 0.671. The molecule has 0 aliphatic carbocycles. The molecule has 4 heteroatoms. The molecule has 0 saturated carbocycles. The van der Waals surface area contributed by atoms with Gasteiger partial charge in [0.15, 0.2) is 0 Å². The second-order valence-electron chi connectivity index (χ2n) is 4.20. The van der Waals surface area contributed by atoms with Gasteiger partial charge in [-0.1, -0.05) is 22.0 Å². The van der Waals surface area contributed by atoms with Gasteiger partial charge in [-0.05, 0) is 31.5 Å². The lowest BCUT2D eigenvalue weighted by molar-refractivity contribution is 0.203. The summed E-state index contributed by atoms with van der Waals surface area (Å²) in [6, 6.07) is 5.60. The number of ether oxygens (including phenoxy) is 1. The van der Waals surface area contributed by atoms with Gasteiger partial charge in [0, 0.05) is 25.0 Å². The van der Waals surface area contributed by atoms with E-state index in [2.05, 4.69) is 15.9 Å². The van der Waals surface area contributed by atoms with Crippen LogP contribution >= 0.6 is 15.9 Å². The maximum absolute atomic E-state index is 14.0. The average Bonchev–Trinajstić information content (AvgIpc) is 2.30. The van der Waals surface area contributed by atoms with E-state index in [1.54, 1.807) is 13.2 Å². The molecule has 0 N–H and O–H groups in total. The molecule has 0 spiro atoms. The molecule has 0 radical (unpaired) electrons. The van der Waals surface area contributed by atoms with Gasteiger partial charge >= 0.3 is 0 Å². The van der Waals surface area contributed by atoms with Gasteiger partial charge in [-0.3, -0.25) is 0 Å². The van der Waals surface area contributed by atoms with Crippen molar-refractivity contribution in [2.45, 2.75) is 25.2 Å². The molecule has 0 bridgehead atoms. The highest BCUT2D eigenvalue weighted by Crippen LogP contribution is 2.23. The summed E-state index contributed by atoms with van der Waals surface area (Å²) >= 11 is 3.32. The Morgan fingerprint density at radius 3 is 2.59 bits per heavy atom. The van der Waals surface area contributed by atoms with Gasteiger partial charge in [-0.25, -0.2) is 4.39 Å². The number of anilines is 1. The lowest BCUT2D eigenvalue weighted by Gasteiger charge is -2.29. The van der Waals surface area contributed by atoms with Crippen LogP contribution in [0.25, 0.3) is 0 Å². The summed E-state index contributed by atoms with van der Waals surface area (Å²) in [5.74, 6) is -0.174. The predicted octanol–water partition coefficient (Wildman–Crippen LogP) is 3.58. The fraction of sp³-hybridized carbons (Fsp3) is 0.538. The van der Waals surface area contributed by atoms with E-state index in [4.69, 9.17) is 4.74 Å². The summed E-state index contributed by atoms with van der Waals surface area (Å²) in [7, 11) is 1.66. The van der Waals surface area contributed by atoms with E-state index < -0.39 is 0 Å². The number of nitrogens with zero attached hydrogens (tertiary/aromatic N) is 1. The number of rotatable bonds is 6. The van der Waals surface area contributed by atoms with E-state index in [1.807, 2.05) is 30.9 Å². The van der Waals surface area contributed by atoms with Crippen LogP contribution in [0.5, 0.6) is 0 Å². The molecule has 1 aromatic carbocycles. The topological polar surface area (TPSA) is 12.5 Å². The zero-order valence-electron chi connectivity index (χ0n) is 10.5. The molecule has 0 heterocycles. The highest BCUT2D eigenvalue weighted by atomic mass is 79.9. The first kappa shape index (κ1) is 14.5. The van der Waals surface area contributed by atoms with E-state index in [0.29, 0.717) is 24.2 Å². The molecule has 0 aliphatic rings. The molecule has 2 nitrogen and oxygen atoms in total. The zero-order valence-corrected chi connectivity index (χ0v) is 12.1. The van der Waals surface area contributed by atoms with E-state index >= 15 is 0 Å². The van der Waals surface area contributed by atoms with Gasteiger partial charge in [-0.15, -0.1) is 0 Å². The molecule has 1 aromatic rings. The van der Waals surface area contributed by atoms with Gasteiger partial charge in [-0.2, -0.15) is 0 Å². The normalized spacial score (nSPS) is 10.9. The minimum Gasteiger partial charge on any atom is -0.383 e. The zero-order chi connectivity index (χ0) is 12.8. The van der Waals surface area contributed by atoms with Gasteiger partial charge in [0.25, 0.3) is 0 Å². The molecule has 17 heavy (non-hydrogen) atoms. The average molecular weight is 304 g/mol. The van der Waals surface area contributed by atoms with Crippen molar-refractivity contribution in [3.8, 4) is 0 Å². The monoisotopic (exact) mass is 303 g/mol. The predicted molar refractivity (Wildman–Crippen MR) is 73.4 cm³/mol. The van der Waals surface area contributed by atoms with Crippen LogP contribution in [0, 0.1) is 5.82 Å². The van der Waals surface area contributed by atoms with Crippen molar-refractivity contribution in [3.63, 3.8) is 0 Å². The van der Waals surface area contributed by atoms with E-state index in [1.165, 1.54) is 0 Å². The summed E-state index contributed by atoms with van der Waals surface area (Å²) < 4.78 is 19.0. The van der Waals surface area contributed by atoms with Crippen LogP contribution in [0.3, 0.4) is 0 Å². The second-order valence-corrected chi connectivity index (χ2v) is 4.76. The van der Waals surface area contributed by atoms with Crippen LogP contribution < -0.4 is 4.90 Å². The highest BCUT2D eigenvalue weighted by Gasteiger charge is 2.14. The minimum absolute atomic E-state index is 0.174. The number of alkyl halides is 1. The third-order valence-electron chi connectivity index (χ3n) is 2.64. The van der Waals surface area contributed by atoms with Gasteiger partial charge in [0.05, 0.1) is 12.3 Å². The van der Waals surface area contributed by atoms with Crippen molar-refractivity contribution in [2.24, 2.45) is 0 Å². The molecule has 0 amide bonds. The number of methoxy groups -OCH3 is 1. The molecule has 0 aliphatic heterocycles. The molecule has 0 atom stereocenters. The molecule has 0 fully saturated rings. The van der Waals surface area contributed by atoms with Crippen LogP contribution in [-0.2, 0) is 10.1 Å². The van der Waals surface area contributed by atoms with Crippen molar-refractivity contribution in [2.75, 3.05) is 25.2 Å². The van der Waals surface area contributed by atoms with E-state index in [-0.39, 0.29) is 11.9 Å². The molecular formula is C13H19BrFNO. The van der Waals surface area contributed by atoms with Crippen LogP contribution in [0.4, 0.5) is 10.1 Å². The Morgan fingerprint density at radius 2 is 2.12 bits per heavy atom. The van der Waals surface area contributed by atoms with Crippen LogP contribution in [0.15, 0.2) is 18.2 Å². The lowest BCUT2D eigenvalue weighted by atomic mass is 10.2. The standard InChI is InChI=1S/C13H19BrFNO/c1-10(2)16(6-7-17-3)13-5-4-11(9-14)8-12(13)15/h4-5,8,10H,6-7,9H2,1-3H3. The van der Waals surface area contributed by atoms with E-state index in [9.17, 15) is 4.39 Å². The maximum Gasteiger partial charge on any atom is 0.146 e. The fourth-order valence-corrected chi connectivity index (χ4v) is 2.06. The third-order valence-corrected chi connectivity index (χ3v) is 3.28. The van der Waals surface area contributed by atoms with Crippen molar-refractivity contribution in [1.29, 1.82) is 0 Å². The number of hydrogen-bond acceptors (Lipinski definition) is 2. The molecule has 0 saturated heterocycles.